The smallest absolute Gasteiger partial charge is 0.361 e. The summed E-state index contributed by atoms with van der Waals surface area (Å²) in [6.07, 6.45) is 80.6. The number of carbonyl (C=O) groups excluding carboxylic acids is 2. The van der Waals surface area contributed by atoms with Gasteiger partial charge in [0.15, 0.2) is 6.10 Å². The minimum atomic E-state index is -1.52. The molecule has 0 bridgehead atoms. The summed E-state index contributed by atoms with van der Waals surface area (Å²) in [5.41, 5.74) is 0. The number of ether oxygens (including phenoxy) is 4. The largest absolute Gasteiger partial charge is 0.477 e. The molecular weight excluding hydrogens is 1020 g/mol. The van der Waals surface area contributed by atoms with E-state index < -0.39 is 24.3 Å². The molecule has 478 valence electrons. The van der Waals surface area contributed by atoms with Gasteiger partial charge in [-0.3, -0.25) is 9.59 Å². The first-order valence-corrected chi connectivity index (χ1v) is 35.0. The van der Waals surface area contributed by atoms with Crippen LogP contribution < -0.4 is 0 Å². The number of carboxylic acids is 1. The van der Waals surface area contributed by atoms with E-state index in [1.165, 1.54) is 218 Å². The van der Waals surface area contributed by atoms with Crippen LogP contribution in [-0.4, -0.2) is 87.4 Å². The van der Waals surface area contributed by atoms with Crippen LogP contribution in [0, 0.1) is 0 Å². The second-order valence-corrected chi connectivity index (χ2v) is 24.8. The van der Waals surface area contributed by atoms with E-state index in [-0.39, 0.29) is 32.2 Å². The molecule has 0 rings (SSSR count). The second kappa shape index (κ2) is 64.0. The lowest BCUT2D eigenvalue weighted by atomic mass is 10.0. The van der Waals surface area contributed by atoms with E-state index in [0.29, 0.717) is 23.9 Å². The number of likely N-dealkylation sites (N-methyl/N-ethyl adjacent to an activating group) is 1. The molecule has 82 heavy (non-hydrogen) atoms. The first-order chi connectivity index (χ1) is 40.1. The lowest BCUT2D eigenvalue weighted by Gasteiger charge is -2.25. The minimum absolute atomic E-state index is 0.184. The molecule has 2 atom stereocenters. The zero-order valence-corrected chi connectivity index (χ0v) is 54.7. The summed E-state index contributed by atoms with van der Waals surface area (Å²) in [5.74, 6) is -2.01. The highest BCUT2D eigenvalue weighted by Crippen LogP contribution is 2.19. The van der Waals surface area contributed by atoms with Gasteiger partial charge < -0.3 is 28.5 Å². The molecular formula is C73H134NO8+. The van der Waals surface area contributed by atoms with E-state index in [2.05, 4.69) is 74.6 Å². The molecule has 0 aromatic heterocycles. The predicted molar refractivity (Wildman–Crippen MR) is 350 cm³/mol. The molecule has 1 N–H and O–H groups in total. The van der Waals surface area contributed by atoms with Gasteiger partial charge in [-0.2, -0.15) is 0 Å². The molecule has 9 nitrogen and oxygen atoms in total. The number of carbonyl (C=O) groups is 3. The number of unbranched alkanes of at least 4 members (excludes halogenated alkanes) is 40. The summed E-state index contributed by atoms with van der Waals surface area (Å²) in [6, 6.07) is 0. The van der Waals surface area contributed by atoms with Crippen molar-refractivity contribution < 1.29 is 42.9 Å². The molecule has 0 amide bonds. The van der Waals surface area contributed by atoms with Gasteiger partial charge in [0, 0.05) is 12.8 Å². The Kier molecular flexibility index (Phi) is 61.6. The molecule has 0 radical (unpaired) electrons. The summed E-state index contributed by atoms with van der Waals surface area (Å²) < 4.78 is 23.0. The zero-order valence-electron chi connectivity index (χ0n) is 54.7. The number of esters is 2. The number of carboxylic acid groups (broad SMARTS) is 1. The highest BCUT2D eigenvalue weighted by molar-refractivity contribution is 5.71. The molecule has 0 aromatic rings. The highest BCUT2D eigenvalue weighted by Gasteiger charge is 2.25. The van der Waals surface area contributed by atoms with Gasteiger partial charge in [0.05, 0.1) is 34.4 Å². The van der Waals surface area contributed by atoms with Crippen LogP contribution in [-0.2, 0) is 33.3 Å². The Morgan fingerprint density at radius 1 is 0.378 bits per heavy atom. The predicted octanol–water partition coefficient (Wildman–Crippen LogP) is 21.5. The van der Waals surface area contributed by atoms with Crippen molar-refractivity contribution in [3.8, 4) is 0 Å². The van der Waals surface area contributed by atoms with Crippen LogP contribution in [0.25, 0.3) is 0 Å². The Morgan fingerprint density at radius 3 is 1.04 bits per heavy atom. The molecule has 0 spiro atoms. The van der Waals surface area contributed by atoms with E-state index in [9.17, 15) is 19.5 Å². The Bertz CT molecular complexity index is 1530. The van der Waals surface area contributed by atoms with Crippen LogP contribution in [0.1, 0.15) is 328 Å². The van der Waals surface area contributed by atoms with Crippen molar-refractivity contribution in [2.75, 3.05) is 47.5 Å². The maximum Gasteiger partial charge on any atom is 0.361 e. The Hall–Kier alpha value is -3.01. The SMILES string of the molecule is CC/C=C\C/C=C\C/C=C\C/C=C\C/C=C\CCCCCCCCCC(=O)OC(COC(=O)CCCCCCCCCCCCCCCCCCCCCCCCCCCCCCCCCCCC)COC(OCC[N+](C)(C)C)C(=O)O. The standard InChI is InChI=1S/C73H133NO8/c1-6-8-10-12-14-16-18-20-22-24-26-28-30-31-32-33-34-35-36-37-38-39-40-42-43-45-47-49-51-53-55-57-59-61-63-70(75)80-67-69(68-81-73(72(77)78)79-66-65-74(3,4)5)82-71(76)64-62-60-58-56-54-52-50-48-46-44-41-29-27-25-23-21-19-17-15-13-11-9-7-2/h9,11,15,17,21,23,27,29,44,46,69,73H,6-8,10,12-14,16,18-20,22,24-26,28,30-43,45,47-68H2,1-5H3/p+1/b11-9-,17-15-,23-21-,29-27-,46-44-. The van der Waals surface area contributed by atoms with Gasteiger partial charge in [0.1, 0.15) is 13.2 Å². The third-order valence-electron chi connectivity index (χ3n) is 15.5. The van der Waals surface area contributed by atoms with Crippen molar-refractivity contribution in [3.05, 3.63) is 60.8 Å². The van der Waals surface area contributed by atoms with Gasteiger partial charge in [0.2, 0.25) is 0 Å². The van der Waals surface area contributed by atoms with Gasteiger partial charge in [-0.05, 0) is 57.8 Å². The van der Waals surface area contributed by atoms with Crippen molar-refractivity contribution in [3.63, 3.8) is 0 Å². The van der Waals surface area contributed by atoms with Crippen LogP contribution in [0.2, 0.25) is 0 Å². The van der Waals surface area contributed by atoms with Crippen molar-refractivity contribution in [2.24, 2.45) is 0 Å². The van der Waals surface area contributed by atoms with Crippen molar-refractivity contribution in [1.82, 2.24) is 0 Å². The van der Waals surface area contributed by atoms with Crippen LogP contribution >= 0.6 is 0 Å². The zero-order chi connectivity index (χ0) is 59.8. The number of hydrogen-bond donors (Lipinski definition) is 1. The average Bonchev–Trinajstić information content (AvgIpc) is 3.45. The molecule has 0 saturated carbocycles. The number of allylic oxidation sites excluding steroid dienone is 10. The summed E-state index contributed by atoms with van der Waals surface area (Å²) in [5, 5.41) is 9.74. The van der Waals surface area contributed by atoms with E-state index in [1.807, 2.05) is 21.1 Å². The van der Waals surface area contributed by atoms with E-state index in [1.54, 1.807) is 0 Å². The molecule has 0 heterocycles. The van der Waals surface area contributed by atoms with Gasteiger partial charge in [-0.25, -0.2) is 4.79 Å². The van der Waals surface area contributed by atoms with Gasteiger partial charge in [-0.15, -0.1) is 0 Å². The highest BCUT2D eigenvalue weighted by atomic mass is 16.7. The molecule has 0 aliphatic heterocycles. The Morgan fingerprint density at radius 2 is 0.695 bits per heavy atom. The monoisotopic (exact) mass is 1150 g/mol. The third-order valence-corrected chi connectivity index (χ3v) is 15.5. The van der Waals surface area contributed by atoms with E-state index in [4.69, 9.17) is 18.9 Å². The van der Waals surface area contributed by atoms with Crippen LogP contribution in [0.4, 0.5) is 0 Å². The fourth-order valence-electron chi connectivity index (χ4n) is 10.2. The third kappa shape index (κ3) is 64.5. The number of aliphatic carboxylic acids is 1. The number of rotatable bonds is 65. The average molecular weight is 1150 g/mol. The summed E-state index contributed by atoms with van der Waals surface area (Å²) in [6.45, 7) is 4.80. The topological polar surface area (TPSA) is 108 Å². The molecule has 2 unspecified atom stereocenters. The van der Waals surface area contributed by atoms with Gasteiger partial charge in [0.25, 0.3) is 6.29 Å². The lowest BCUT2D eigenvalue weighted by Crippen LogP contribution is -2.40. The maximum absolute atomic E-state index is 12.9. The van der Waals surface area contributed by atoms with Crippen LogP contribution in [0.3, 0.4) is 0 Å². The lowest BCUT2D eigenvalue weighted by molar-refractivity contribution is -0.870. The summed E-state index contributed by atoms with van der Waals surface area (Å²) >= 11 is 0. The molecule has 0 saturated heterocycles. The normalized spacial score (nSPS) is 13.0. The molecule has 0 aromatic carbocycles. The summed E-state index contributed by atoms with van der Waals surface area (Å²) in [4.78, 5) is 37.6. The van der Waals surface area contributed by atoms with Crippen LogP contribution in [0.15, 0.2) is 60.8 Å². The first-order valence-electron chi connectivity index (χ1n) is 35.0. The van der Waals surface area contributed by atoms with Gasteiger partial charge in [-0.1, -0.05) is 319 Å². The first kappa shape index (κ1) is 79.0. The Labute approximate surface area is 507 Å². The summed E-state index contributed by atoms with van der Waals surface area (Å²) in [7, 11) is 5.98. The quantitative estimate of drug-likeness (QED) is 0.0211. The second-order valence-electron chi connectivity index (χ2n) is 24.8. The number of nitrogens with zero attached hydrogens (tertiary/aromatic N) is 1. The number of quaternary nitrogens is 1. The fraction of sp³-hybridized carbons (Fsp3) is 0.822. The van der Waals surface area contributed by atoms with Crippen LogP contribution in [0.5, 0.6) is 0 Å². The maximum atomic E-state index is 12.9. The van der Waals surface area contributed by atoms with Crippen molar-refractivity contribution in [1.29, 1.82) is 0 Å². The van der Waals surface area contributed by atoms with Crippen molar-refractivity contribution in [2.45, 2.75) is 341 Å². The molecule has 0 aliphatic carbocycles. The number of hydrogen-bond acceptors (Lipinski definition) is 7. The molecule has 9 heteroatoms. The fourth-order valence-corrected chi connectivity index (χ4v) is 10.2. The molecule has 0 aliphatic rings. The van der Waals surface area contributed by atoms with Gasteiger partial charge >= 0.3 is 17.9 Å². The minimum Gasteiger partial charge on any atom is -0.477 e. The molecule has 0 fully saturated rings. The van der Waals surface area contributed by atoms with E-state index in [0.717, 1.165) is 77.0 Å². The van der Waals surface area contributed by atoms with E-state index >= 15 is 0 Å². The Balaban J connectivity index is 4.05. The van der Waals surface area contributed by atoms with Crippen molar-refractivity contribution >= 4 is 17.9 Å².